The molecular formula is C14H15N3O3S. The lowest BCUT2D eigenvalue weighted by Crippen LogP contribution is -2.15. The Labute approximate surface area is 122 Å². The predicted molar refractivity (Wildman–Crippen MR) is 80.1 cm³/mol. The van der Waals surface area contributed by atoms with Gasteiger partial charge in [0.2, 0.25) is 5.91 Å². The number of sulfonamides is 1. The minimum absolute atomic E-state index is 0.115. The number of hydrogen-bond acceptors (Lipinski definition) is 4. The molecule has 0 atom stereocenters. The van der Waals surface area contributed by atoms with Crippen LogP contribution >= 0.6 is 0 Å². The molecule has 0 saturated carbocycles. The Bertz CT molecular complexity index is 755. The van der Waals surface area contributed by atoms with Gasteiger partial charge < -0.3 is 11.5 Å². The highest BCUT2D eigenvalue weighted by Crippen LogP contribution is 2.17. The van der Waals surface area contributed by atoms with E-state index in [0.717, 1.165) is 5.56 Å². The topological polar surface area (TPSA) is 115 Å². The first-order valence-corrected chi connectivity index (χ1v) is 7.62. The van der Waals surface area contributed by atoms with Gasteiger partial charge in [0.15, 0.2) is 0 Å². The fourth-order valence-electron chi connectivity index (χ4n) is 1.75. The van der Waals surface area contributed by atoms with Gasteiger partial charge in [-0.25, -0.2) is 8.42 Å². The maximum atomic E-state index is 12.2. The van der Waals surface area contributed by atoms with Crippen LogP contribution in [0, 0.1) is 0 Å². The number of nitrogens with two attached hydrogens (primary N) is 2. The van der Waals surface area contributed by atoms with Crippen LogP contribution in [0.3, 0.4) is 0 Å². The molecule has 0 saturated heterocycles. The summed E-state index contributed by atoms with van der Waals surface area (Å²) >= 11 is 0. The maximum absolute atomic E-state index is 12.2. The van der Waals surface area contributed by atoms with E-state index in [9.17, 15) is 13.2 Å². The molecule has 0 aromatic heterocycles. The molecule has 0 unspecified atom stereocenters. The smallest absolute Gasteiger partial charge is 0.261 e. The highest BCUT2D eigenvalue weighted by Gasteiger charge is 2.14. The summed E-state index contributed by atoms with van der Waals surface area (Å²) in [7, 11) is -3.72. The molecule has 21 heavy (non-hydrogen) atoms. The normalized spacial score (nSPS) is 11.1. The minimum atomic E-state index is -3.72. The first-order valence-electron chi connectivity index (χ1n) is 6.14. The lowest BCUT2D eigenvalue weighted by Gasteiger charge is -2.09. The summed E-state index contributed by atoms with van der Waals surface area (Å²) in [6, 6.07) is 12.2. The van der Waals surface area contributed by atoms with Crippen molar-refractivity contribution in [2.45, 2.75) is 11.4 Å². The highest BCUT2D eigenvalue weighted by molar-refractivity contribution is 7.92. The zero-order valence-electron chi connectivity index (χ0n) is 11.1. The molecule has 0 bridgehead atoms. The van der Waals surface area contributed by atoms with Crippen LogP contribution in [0.25, 0.3) is 0 Å². The zero-order valence-corrected chi connectivity index (χ0v) is 11.9. The van der Waals surface area contributed by atoms with Crippen molar-refractivity contribution in [3.8, 4) is 0 Å². The van der Waals surface area contributed by atoms with Gasteiger partial charge in [0.05, 0.1) is 4.90 Å². The molecule has 1 amide bonds. The van der Waals surface area contributed by atoms with Gasteiger partial charge in [-0.2, -0.15) is 0 Å². The molecule has 0 aliphatic carbocycles. The van der Waals surface area contributed by atoms with Crippen molar-refractivity contribution in [1.82, 2.24) is 0 Å². The molecule has 6 nitrogen and oxygen atoms in total. The Hall–Kier alpha value is -2.38. The molecule has 2 aromatic rings. The van der Waals surface area contributed by atoms with Gasteiger partial charge in [-0.05, 0) is 35.9 Å². The number of rotatable bonds is 5. The molecule has 5 N–H and O–H groups in total. The number of benzene rings is 2. The molecule has 7 heteroatoms. The fourth-order valence-corrected chi connectivity index (χ4v) is 2.80. The van der Waals surface area contributed by atoms with Crippen molar-refractivity contribution in [3.05, 3.63) is 59.7 Å². The van der Waals surface area contributed by atoms with Gasteiger partial charge in [0, 0.05) is 17.8 Å². The van der Waals surface area contributed by atoms with Gasteiger partial charge in [0.25, 0.3) is 10.0 Å². The van der Waals surface area contributed by atoms with Crippen LogP contribution in [0.1, 0.15) is 15.9 Å². The van der Waals surface area contributed by atoms with E-state index in [1.54, 1.807) is 18.2 Å². The molecule has 0 heterocycles. The van der Waals surface area contributed by atoms with E-state index in [4.69, 9.17) is 11.5 Å². The van der Waals surface area contributed by atoms with Crippen LogP contribution in [-0.2, 0) is 16.6 Å². The van der Waals surface area contributed by atoms with Crippen molar-refractivity contribution in [3.63, 3.8) is 0 Å². The van der Waals surface area contributed by atoms with Crippen molar-refractivity contribution in [2.75, 3.05) is 4.72 Å². The number of carbonyl (C=O) groups is 1. The van der Waals surface area contributed by atoms with Crippen LogP contribution < -0.4 is 16.2 Å². The summed E-state index contributed by atoms with van der Waals surface area (Å²) in [6.07, 6.45) is 0. The SMILES string of the molecule is NCc1ccc(S(=O)(=O)Nc2cccc(C(N)=O)c2)cc1. The number of hydrogen-bond donors (Lipinski definition) is 3. The predicted octanol–water partition coefficient (Wildman–Crippen LogP) is 1.04. The number of primary amides is 1. The van der Waals surface area contributed by atoms with Crippen LogP contribution in [0.2, 0.25) is 0 Å². The molecule has 2 aromatic carbocycles. The van der Waals surface area contributed by atoms with Gasteiger partial charge in [-0.3, -0.25) is 9.52 Å². The van der Waals surface area contributed by atoms with Gasteiger partial charge in [0.1, 0.15) is 0 Å². The number of carbonyl (C=O) groups excluding carboxylic acids is 1. The largest absolute Gasteiger partial charge is 0.366 e. The third kappa shape index (κ3) is 3.59. The monoisotopic (exact) mass is 305 g/mol. The van der Waals surface area contributed by atoms with Crippen molar-refractivity contribution >= 4 is 21.6 Å². The molecule has 0 spiro atoms. The van der Waals surface area contributed by atoms with Crippen LogP contribution in [-0.4, -0.2) is 14.3 Å². The van der Waals surface area contributed by atoms with Crippen molar-refractivity contribution in [1.29, 1.82) is 0 Å². The summed E-state index contributed by atoms with van der Waals surface area (Å²) in [6.45, 7) is 0.342. The van der Waals surface area contributed by atoms with Gasteiger partial charge in [-0.1, -0.05) is 18.2 Å². The average Bonchev–Trinajstić information content (AvgIpc) is 2.47. The molecule has 110 valence electrons. The third-order valence-corrected chi connectivity index (χ3v) is 4.27. The summed E-state index contributed by atoms with van der Waals surface area (Å²) in [5.41, 5.74) is 12.0. The Morgan fingerprint density at radius 1 is 1.10 bits per heavy atom. The first-order chi connectivity index (χ1) is 9.92. The molecule has 2 rings (SSSR count). The van der Waals surface area contributed by atoms with E-state index in [-0.39, 0.29) is 16.1 Å². The van der Waals surface area contributed by atoms with Crippen LogP contribution in [0.15, 0.2) is 53.4 Å². The van der Waals surface area contributed by atoms with Gasteiger partial charge >= 0.3 is 0 Å². The summed E-state index contributed by atoms with van der Waals surface area (Å²) in [4.78, 5) is 11.2. The summed E-state index contributed by atoms with van der Waals surface area (Å²) in [5.74, 6) is -0.622. The second kappa shape index (κ2) is 5.94. The molecule has 0 radical (unpaired) electrons. The first kappa shape index (κ1) is 15.0. The number of amides is 1. The third-order valence-electron chi connectivity index (χ3n) is 2.87. The fraction of sp³-hybridized carbons (Fsp3) is 0.0714. The lowest BCUT2D eigenvalue weighted by molar-refractivity contribution is 0.100. The number of nitrogens with one attached hydrogen (secondary N) is 1. The van der Waals surface area contributed by atoms with E-state index in [2.05, 4.69) is 4.72 Å². The lowest BCUT2D eigenvalue weighted by atomic mass is 10.2. The maximum Gasteiger partial charge on any atom is 0.261 e. The van der Waals surface area contributed by atoms with Gasteiger partial charge in [-0.15, -0.1) is 0 Å². The second-order valence-electron chi connectivity index (χ2n) is 4.40. The van der Waals surface area contributed by atoms with Crippen LogP contribution in [0.5, 0.6) is 0 Å². The molecule has 0 aliphatic rings. The van der Waals surface area contributed by atoms with E-state index in [0.29, 0.717) is 6.54 Å². The van der Waals surface area contributed by atoms with Crippen LogP contribution in [0.4, 0.5) is 5.69 Å². The Kier molecular flexibility index (Phi) is 4.25. The molecule has 0 fully saturated rings. The zero-order chi connectivity index (χ0) is 15.5. The average molecular weight is 305 g/mol. The summed E-state index contributed by atoms with van der Waals surface area (Å²) < 4.78 is 26.8. The number of anilines is 1. The Morgan fingerprint density at radius 3 is 2.33 bits per heavy atom. The Morgan fingerprint density at radius 2 is 1.76 bits per heavy atom. The minimum Gasteiger partial charge on any atom is -0.366 e. The van der Waals surface area contributed by atoms with Crippen molar-refractivity contribution in [2.24, 2.45) is 11.5 Å². The Balaban J connectivity index is 2.28. The van der Waals surface area contributed by atoms with E-state index in [1.807, 2.05) is 0 Å². The van der Waals surface area contributed by atoms with Crippen molar-refractivity contribution < 1.29 is 13.2 Å². The second-order valence-corrected chi connectivity index (χ2v) is 6.08. The highest BCUT2D eigenvalue weighted by atomic mass is 32.2. The van der Waals surface area contributed by atoms with E-state index in [1.165, 1.54) is 30.3 Å². The molecule has 0 aliphatic heterocycles. The standard InChI is InChI=1S/C14H15N3O3S/c15-9-10-4-6-13(7-5-10)21(19,20)17-12-3-1-2-11(8-12)14(16)18/h1-8,17H,9,15H2,(H2,16,18). The summed E-state index contributed by atoms with van der Waals surface area (Å²) in [5, 5.41) is 0. The molecular weight excluding hydrogens is 290 g/mol. The van der Waals surface area contributed by atoms with E-state index < -0.39 is 15.9 Å². The van der Waals surface area contributed by atoms with E-state index >= 15 is 0 Å². The quantitative estimate of drug-likeness (QED) is 0.765.